The van der Waals surface area contributed by atoms with E-state index in [4.69, 9.17) is 16.3 Å². The summed E-state index contributed by atoms with van der Waals surface area (Å²) in [6.07, 6.45) is 6.54. The van der Waals surface area contributed by atoms with Crippen molar-refractivity contribution in [3.05, 3.63) is 35.5 Å². The second kappa shape index (κ2) is 9.58. The lowest BCUT2D eigenvalue weighted by Crippen LogP contribution is -2.52. The van der Waals surface area contributed by atoms with E-state index in [1.807, 2.05) is 12.1 Å². The maximum Gasteiger partial charge on any atom is 0.261 e. The fourth-order valence-corrected chi connectivity index (χ4v) is 6.58. The Morgan fingerprint density at radius 1 is 1.21 bits per heavy atom. The summed E-state index contributed by atoms with van der Waals surface area (Å²) in [5.74, 6) is -0.442. The van der Waals surface area contributed by atoms with E-state index in [0.29, 0.717) is 11.4 Å². The summed E-state index contributed by atoms with van der Waals surface area (Å²) >= 11 is 7.82. The Morgan fingerprint density at radius 2 is 2.06 bits per heavy atom. The van der Waals surface area contributed by atoms with Crippen molar-refractivity contribution in [2.24, 2.45) is 5.92 Å². The second-order valence-electron chi connectivity index (χ2n) is 8.80. The van der Waals surface area contributed by atoms with E-state index in [9.17, 15) is 14.4 Å². The van der Waals surface area contributed by atoms with Crippen LogP contribution in [-0.4, -0.2) is 75.8 Å². The minimum Gasteiger partial charge on any atom is -0.367 e. The maximum atomic E-state index is 13.2. The van der Waals surface area contributed by atoms with Crippen LogP contribution in [0.25, 0.3) is 10.4 Å². The molecule has 5 atom stereocenters. The summed E-state index contributed by atoms with van der Waals surface area (Å²) < 4.78 is 5.61. The lowest BCUT2D eigenvalue weighted by Gasteiger charge is -2.39. The van der Waals surface area contributed by atoms with Crippen molar-refractivity contribution in [3.8, 4) is 10.4 Å². The van der Waals surface area contributed by atoms with Crippen LogP contribution in [0.1, 0.15) is 35.4 Å². The Hall–Kier alpha value is -2.20. The molecule has 1 amide bonds. The number of hydrogen-bond acceptors (Lipinski definition) is 8. The molecule has 2 aromatic rings. The second-order valence-corrected chi connectivity index (χ2v) is 10.4. The van der Waals surface area contributed by atoms with Crippen LogP contribution in [0.5, 0.6) is 0 Å². The van der Waals surface area contributed by atoms with Crippen molar-refractivity contribution in [3.63, 3.8) is 0 Å². The van der Waals surface area contributed by atoms with Gasteiger partial charge in [-0.1, -0.05) is 12.8 Å². The molecular formula is C23H25ClN4O4S. The maximum absolute atomic E-state index is 13.2. The molecular weight excluding hydrogens is 464 g/mol. The van der Waals surface area contributed by atoms with Crippen LogP contribution in [0, 0.1) is 5.92 Å². The largest absolute Gasteiger partial charge is 0.367 e. The Morgan fingerprint density at radius 3 is 2.88 bits per heavy atom. The third-order valence-corrected chi connectivity index (χ3v) is 8.37. The van der Waals surface area contributed by atoms with E-state index in [2.05, 4.69) is 20.4 Å². The fraction of sp³-hybridized carbons (Fsp3) is 0.522. The molecule has 8 nitrogen and oxygen atoms in total. The van der Waals surface area contributed by atoms with Crippen LogP contribution >= 0.6 is 22.9 Å². The van der Waals surface area contributed by atoms with Crippen molar-refractivity contribution >= 4 is 40.4 Å². The van der Waals surface area contributed by atoms with E-state index >= 15 is 0 Å². The zero-order valence-electron chi connectivity index (χ0n) is 18.0. The van der Waals surface area contributed by atoms with Crippen molar-refractivity contribution in [2.75, 3.05) is 19.7 Å². The van der Waals surface area contributed by atoms with Crippen LogP contribution in [0.15, 0.2) is 30.6 Å². The zero-order valence-corrected chi connectivity index (χ0v) is 19.6. The fourth-order valence-electron chi connectivity index (χ4n) is 5.30. The van der Waals surface area contributed by atoms with E-state index in [1.165, 1.54) is 11.3 Å². The number of likely N-dealkylation sites (tertiary alicyclic amines) is 1. The molecule has 0 bridgehead atoms. The van der Waals surface area contributed by atoms with Gasteiger partial charge in [0.25, 0.3) is 5.91 Å². The molecule has 3 aliphatic rings. The van der Waals surface area contributed by atoms with Gasteiger partial charge in [-0.15, -0.1) is 22.9 Å². The number of aromatic nitrogens is 2. The molecule has 2 unspecified atom stereocenters. The summed E-state index contributed by atoms with van der Waals surface area (Å²) in [6, 6.07) is 5.05. The van der Waals surface area contributed by atoms with Gasteiger partial charge in [-0.25, -0.2) is 0 Å². The van der Waals surface area contributed by atoms with Gasteiger partial charge in [-0.3, -0.25) is 19.3 Å². The van der Waals surface area contributed by atoms with Gasteiger partial charge in [0.1, 0.15) is 6.61 Å². The molecule has 2 aliphatic heterocycles. The highest BCUT2D eigenvalue weighted by Gasteiger charge is 2.53. The zero-order chi connectivity index (χ0) is 22.9. The van der Waals surface area contributed by atoms with Crippen molar-refractivity contribution in [1.29, 1.82) is 0 Å². The molecule has 33 heavy (non-hydrogen) atoms. The molecule has 3 fully saturated rings. The Balaban J connectivity index is 1.23. The Labute approximate surface area is 200 Å². The van der Waals surface area contributed by atoms with Gasteiger partial charge < -0.3 is 10.1 Å². The standard InChI is InChI=1S/C23H25ClN4O4S/c24-15-11-28(21-18(30)12-32-22(15)21)16-4-2-1-3-14(16)17(29)10-25-23(31)20-6-5-19(33-20)13-7-8-26-27-9-13/h5-9,14-16,21-22H,1-4,10-12H2,(H,25,31)/t14?,15-,16?,21+,22+/m0/s1. The first-order chi connectivity index (χ1) is 16.0. The highest BCUT2D eigenvalue weighted by Crippen LogP contribution is 2.38. The number of ketones is 2. The SMILES string of the molecule is O=C(NCC(=O)C1CCCCC1N1C[C@H](Cl)[C@H]2OCC(=O)[C@H]21)c1ccc(-c2ccnnc2)s1. The van der Waals surface area contributed by atoms with E-state index in [-0.39, 0.29) is 60.1 Å². The number of hydrogen-bond donors (Lipinski definition) is 1. The minimum atomic E-state index is -0.354. The predicted molar refractivity (Wildman–Crippen MR) is 123 cm³/mol. The number of amides is 1. The Kier molecular flexibility index (Phi) is 6.56. The van der Waals surface area contributed by atoms with Gasteiger partial charge in [0.2, 0.25) is 0 Å². The van der Waals surface area contributed by atoms with Crippen LogP contribution in [0.2, 0.25) is 0 Å². The predicted octanol–water partition coefficient (Wildman–Crippen LogP) is 2.32. The van der Waals surface area contributed by atoms with Gasteiger partial charge in [0.15, 0.2) is 11.6 Å². The number of thiophene rings is 1. The third-order valence-electron chi connectivity index (χ3n) is 6.85. The molecule has 4 heterocycles. The number of nitrogens with one attached hydrogen (secondary N) is 1. The molecule has 0 radical (unpaired) electrons. The minimum absolute atomic E-state index is 0.00380. The number of rotatable bonds is 6. The number of halogens is 1. The number of carbonyl (C=O) groups excluding carboxylic acids is 3. The summed E-state index contributed by atoms with van der Waals surface area (Å²) in [4.78, 5) is 41.9. The summed E-state index contributed by atoms with van der Waals surface area (Å²) in [5, 5.41) is 10.2. The van der Waals surface area contributed by atoms with Crippen molar-refractivity contribution in [2.45, 2.75) is 49.2 Å². The number of fused-ring (bicyclic) bond motifs is 1. The molecule has 0 aromatic carbocycles. The van der Waals surface area contributed by atoms with Gasteiger partial charge in [-0.05, 0) is 31.0 Å². The molecule has 5 rings (SSSR count). The first kappa shape index (κ1) is 22.6. The monoisotopic (exact) mass is 488 g/mol. The highest BCUT2D eigenvalue weighted by atomic mass is 35.5. The van der Waals surface area contributed by atoms with Gasteiger partial charge in [0.05, 0.1) is 41.3 Å². The summed E-state index contributed by atoms with van der Waals surface area (Å²) in [7, 11) is 0. The topological polar surface area (TPSA) is 101 Å². The average molecular weight is 489 g/mol. The molecule has 1 N–H and O–H groups in total. The highest BCUT2D eigenvalue weighted by molar-refractivity contribution is 7.17. The molecule has 2 aromatic heterocycles. The number of Topliss-reactive ketones (excluding diaryl/α,β-unsaturated/α-hetero) is 2. The summed E-state index contributed by atoms with van der Waals surface area (Å²) in [6.45, 7) is 0.612. The van der Waals surface area contributed by atoms with Crippen molar-refractivity contribution in [1.82, 2.24) is 20.4 Å². The quantitative estimate of drug-likeness (QED) is 0.622. The lowest BCUT2D eigenvalue weighted by molar-refractivity contribution is -0.128. The first-order valence-corrected chi connectivity index (χ1v) is 12.5. The summed E-state index contributed by atoms with van der Waals surface area (Å²) in [5.41, 5.74) is 0.891. The average Bonchev–Trinajstić information content (AvgIpc) is 3.56. The van der Waals surface area contributed by atoms with Crippen LogP contribution in [0.3, 0.4) is 0 Å². The van der Waals surface area contributed by atoms with Gasteiger partial charge >= 0.3 is 0 Å². The van der Waals surface area contributed by atoms with Crippen LogP contribution in [-0.2, 0) is 14.3 Å². The molecule has 174 valence electrons. The van der Waals surface area contributed by atoms with E-state index in [0.717, 1.165) is 36.1 Å². The molecule has 2 saturated heterocycles. The van der Waals surface area contributed by atoms with E-state index in [1.54, 1.807) is 18.5 Å². The normalized spacial score (nSPS) is 29.7. The van der Waals surface area contributed by atoms with Gasteiger partial charge in [-0.2, -0.15) is 10.2 Å². The molecule has 1 aliphatic carbocycles. The van der Waals surface area contributed by atoms with Crippen LogP contribution < -0.4 is 5.32 Å². The third kappa shape index (κ3) is 4.47. The lowest BCUT2D eigenvalue weighted by atomic mass is 9.80. The first-order valence-electron chi connectivity index (χ1n) is 11.2. The number of carbonyl (C=O) groups is 3. The number of nitrogens with zero attached hydrogens (tertiary/aromatic N) is 3. The molecule has 10 heteroatoms. The smallest absolute Gasteiger partial charge is 0.261 e. The van der Waals surface area contributed by atoms with Gasteiger partial charge in [0, 0.05) is 28.9 Å². The van der Waals surface area contributed by atoms with E-state index < -0.39 is 0 Å². The number of alkyl halides is 1. The molecule has 1 saturated carbocycles. The Bertz CT molecular complexity index is 1050. The van der Waals surface area contributed by atoms with Crippen molar-refractivity contribution < 1.29 is 19.1 Å². The molecule has 0 spiro atoms. The van der Waals surface area contributed by atoms with Crippen LogP contribution in [0.4, 0.5) is 0 Å². The number of ether oxygens (including phenoxy) is 1.